The molecule has 0 aliphatic rings. The zero-order valence-corrected chi connectivity index (χ0v) is 14.8. The number of likely N-dealkylation sites (N-methyl/N-ethyl adjacent to an activating group) is 1. The zero-order valence-electron chi connectivity index (χ0n) is 14.8. The summed E-state index contributed by atoms with van der Waals surface area (Å²) >= 11 is 0. The molecule has 0 bridgehead atoms. The number of ether oxygens (including phenoxy) is 3. The lowest BCUT2D eigenvalue weighted by Crippen LogP contribution is -2.39. The molecule has 0 unspecified atom stereocenters. The Bertz CT molecular complexity index is 579. The van der Waals surface area contributed by atoms with E-state index in [-0.39, 0.29) is 30.2 Å². The summed E-state index contributed by atoms with van der Waals surface area (Å²) in [6.07, 6.45) is -0.433. The van der Waals surface area contributed by atoms with Gasteiger partial charge in [0, 0.05) is 6.54 Å². The van der Waals surface area contributed by atoms with Crippen molar-refractivity contribution < 1.29 is 28.9 Å². The van der Waals surface area contributed by atoms with Gasteiger partial charge < -0.3 is 24.2 Å². The van der Waals surface area contributed by atoms with E-state index in [4.69, 9.17) is 9.47 Å². The summed E-state index contributed by atoms with van der Waals surface area (Å²) in [6.45, 7) is 8.10. The average molecular weight is 339 g/mol. The topological polar surface area (TPSA) is 85.3 Å². The van der Waals surface area contributed by atoms with Gasteiger partial charge in [0.1, 0.15) is 29.3 Å². The normalized spacial score (nSPS) is 10.9. The molecular formula is C17H25NO6. The van der Waals surface area contributed by atoms with Crippen LogP contribution in [0.25, 0.3) is 0 Å². The van der Waals surface area contributed by atoms with E-state index in [0.717, 1.165) is 0 Å². The highest BCUT2D eigenvalue weighted by Gasteiger charge is 2.22. The SMILES string of the molecule is CCN(CCOc1cccc(O)c1C(=O)OC)C(=O)OC(C)(C)C. The summed E-state index contributed by atoms with van der Waals surface area (Å²) in [4.78, 5) is 25.3. The van der Waals surface area contributed by atoms with E-state index in [1.165, 1.54) is 18.1 Å². The third-order valence-electron chi connectivity index (χ3n) is 3.05. The summed E-state index contributed by atoms with van der Waals surface area (Å²) in [5, 5.41) is 9.80. The average Bonchev–Trinajstić information content (AvgIpc) is 2.49. The van der Waals surface area contributed by atoms with Crippen LogP contribution in [-0.4, -0.2) is 54.5 Å². The first-order chi connectivity index (χ1) is 11.2. The Labute approximate surface area is 142 Å². The maximum absolute atomic E-state index is 12.0. The molecule has 24 heavy (non-hydrogen) atoms. The molecule has 0 spiro atoms. The van der Waals surface area contributed by atoms with Gasteiger partial charge in [-0.15, -0.1) is 0 Å². The number of esters is 1. The summed E-state index contributed by atoms with van der Waals surface area (Å²) < 4.78 is 15.5. The van der Waals surface area contributed by atoms with E-state index in [1.54, 1.807) is 32.9 Å². The van der Waals surface area contributed by atoms with E-state index in [0.29, 0.717) is 6.54 Å². The number of hydrogen-bond acceptors (Lipinski definition) is 6. The van der Waals surface area contributed by atoms with Crippen molar-refractivity contribution in [1.29, 1.82) is 0 Å². The first kappa shape index (κ1) is 19.6. The number of amides is 1. The zero-order chi connectivity index (χ0) is 18.3. The number of carbonyl (C=O) groups is 2. The molecule has 0 heterocycles. The molecule has 1 rings (SSSR count). The molecule has 1 aromatic carbocycles. The van der Waals surface area contributed by atoms with Gasteiger partial charge in [-0.1, -0.05) is 6.07 Å². The third-order valence-corrected chi connectivity index (χ3v) is 3.05. The van der Waals surface area contributed by atoms with Crippen LogP contribution in [0, 0.1) is 0 Å². The highest BCUT2D eigenvalue weighted by atomic mass is 16.6. The van der Waals surface area contributed by atoms with Gasteiger partial charge in [-0.2, -0.15) is 0 Å². The van der Waals surface area contributed by atoms with Crippen LogP contribution < -0.4 is 4.74 Å². The number of hydrogen-bond donors (Lipinski definition) is 1. The Kier molecular flexibility index (Phi) is 6.88. The minimum absolute atomic E-state index is 0.0414. The summed E-state index contributed by atoms with van der Waals surface area (Å²) in [6, 6.07) is 4.48. The first-order valence-electron chi connectivity index (χ1n) is 7.70. The van der Waals surface area contributed by atoms with Gasteiger partial charge in [0.25, 0.3) is 0 Å². The minimum atomic E-state index is -0.692. The molecule has 7 nitrogen and oxygen atoms in total. The number of nitrogens with zero attached hydrogens (tertiary/aromatic N) is 1. The van der Waals surface area contributed by atoms with Crippen molar-refractivity contribution in [3.63, 3.8) is 0 Å². The summed E-state index contributed by atoms with van der Waals surface area (Å²) in [5.41, 5.74) is -0.616. The number of benzene rings is 1. The van der Waals surface area contributed by atoms with Gasteiger partial charge in [-0.05, 0) is 39.8 Å². The summed E-state index contributed by atoms with van der Waals surface area (Å²) in [7, 11) is 1.22. The van der Waals surface area contributed by atoms with Crippen LogP contribution in [-0.2, 0) is 9.47 Å². The van der Waals surface area contributed by atoms with Crippen molar-refractivity contribution >= 4 is 12.1 Å². The number of aromatic hydroxyl groups is 1. The van der Waals surface area contributed by atoms with Crippen LogP contribution in [0.4, 0.5) is 4.79 Å². The van der Waals surface area contributed by atoms with Crippen LogP contribution >= 0.6 is 0 Å². The van der Waals surface area contributed by atoms with Crippen LogP contribution in [0.15, 0.2) is 18.2 Å². The molecule has 134 valence electrons. The maximum Gasteiger partial charge on any atom is 0.410 e. The lowest BCUT2D eigenvalue weighted by molar-refractivity contribution is 0.0235. The number of carbonyl (C=O) groups excluding carboxylic acids is 2. The van der Waals surface area contributed by atoms with Crippen molar-refractivity contribution in [3.8, 4) is 11.5 Å². The lowest BCUT2D eigenvalue weighted by Gasteiger charge is -2.26. The van der Waals surface area contributed by atoms with E-state index in [2.05, 4.69) is 4.74 Å². The maximum atomic E-state index is 12.0. The largest absolute Gasteiger partial charge is 0.507 e. The Balaban J connectivity index is 2.71. The third kappa shape index (κ3) is 5.64. The van der Waals surface area contributed by atoms with Crippen molar-refractivity contribution in [2.75, 3.05) is 26.8 Å². The molecule has 0 saturated carbocycles. The van der Waals surface area contributed by atoms with Crippen molar-refractivity contribution in [2.45, 2.75) is 33.3 Å². The Morgan fingerprint density at radius 3 is 2.46 bits per heavy atom. The molecule has 0 saturated heterocycles. The number of phenols is 1. The van der Waals surface area contributed by atoms with Gasteiger partial charge in [-0.25, -0.2) is 9.59 Å². The molecule has 0 atom stereocenters. The van der Waals surface area contributed by atoms with Crippen molar-refractivity contribution in [3.05, 3.63) is 23.8 Å². The molecule has 0 fully saturated rings. The second-order valence-corrected chi connectivity index (χ2v) is 6.05. The smallest absolute Gasteiger partial charge is 0.410 e. The molecule has 0 aliphatic carbocycles. The van der Waals surface area contributed by atoms with Crippen LogP contribution in [0.5, 0.6) is 11.5 Å². The quantitative estimate of drug-likeness (QED) is 0.802. The van der Waals surface area contributed by atoms with Gasteiger partial charge in [0.15, 0.2) is 0 Å². The molecular weight excluding hydrogens is 314 g/mol. The van der Waals surface area contributed by atoms with E-state index >= 15 is 0 Å². The standard InChI is InChI=1S/C17H25NO6/c1-6-18(16(21)24-17(2,3)4)10-11-23-13-9-7-8-12(19)14(13)15(20)22-5/h7-9,19H,6,10-11H2,1-5H3. The molecule has 1 amide bonds. The molecule has 7 heteroatoms. The Morgan fingerprint density at radius 1 is 1.25 bits per heavy atom. The van der Waals surface area contributed by atoms with Crippen molar-refractivity contribution in [1.82, 2.24) is 4.90 Å². The van der Waals surface area contributed by atoms with E-state index < -0.39 is 17.7 Å². The summed E-state index contributed by atoms with van der Waals surface area (Å²) in [5.74, 6) is -0.719. The first-order valence-corrected chi connectivity index (χ1v) is 7.70. The monoisotopic (exact) mass is 339 g/mol. The Hall–Kier alpha value is -2.44. The van der Waals surface area contributed by atoms with Gasteiger partial charge in [0.2, 0.25) is 0 Å². The predicted octanol–water partition coefficient (Wildman–Crippen LogP) is 2.81. The van der Waals surface area contributed by atoms with Gasteiger partial charge in [-0.3, -0.25) is 0 Å². The molecule has 0 aromatic heterocycles. The second-order valence-electron chi connectivity index (χ2n) is 6.05. The van der Waals surface area contributed by atoms with Crippen LogP contribution in [0.2, 0.25) is 0 Å². The number of rotatable bonds is 6. The lowest BCUT2D eigenvalue weighted by atomic mass is 10.2. The highest BCUT2D eigenvalue weighted by Crippen LogP contribution is 2.28. The second kappa shape index (κ2) is 8.42. The Morgan fingerprint density at radius 2 is 1.92 bits per heavy atom. The fourth-order valence-electron chi connectivity index (χ4n) is 1.92. The molecule has 0 aliphatic heterocycles. The number of phenolic OH excluding ortho intramolecular Hbond substituents is 1. The number of methoxy groups -OCH3 is 1. The molecule has 1 aromatic rings. The predicted molar refractivity (Wildman–Crippen MR) is 88.4 cm³/mol. The molecule has 0 radical (unpaired) electrons. The van der Waals surface area contributed by atoms with Gasteiger partial charge in [0.05, 0.1) is 13.7 Å². The minimum Gasteiger partial charge on any atom is -0.507 e. The van der Waals surface area contributed by atoms with E-state index in [9.17, 15) is 14.7 Å². The highest BCUT2D eigenvalue weighted by molar-refractivity contribution is 5.95. The van der Waals surface area contributed by atoms with Crippen molar-refractivity contribution in [2.24, 2.45) is 0 Å². The fraction of sp³-hybridized carbons (Fsp3) is 0.529. The molecule has 1 N–H and O–H groups in total. The van der Waals surface area contributed by atoms with Gasteiger partial charge >= 0.3 is 12.1 Å². The van der Waals surface area contributed by atoms with Crippen LogP contribution in [0.3, 0.4) is 0 Å². The van der Waals surface area contributed by atoms with E-state index in [1.807, 2.05) is 6.92 Å². The fourth-order valence-corrected chi connectivity index (χ4v) is 1.92. The van der Waals surface area contributed by atoms with Crippen LogP contribution in [0.1, 0.15) is 38.1 Å².